The molecule has 1 saturated heterocycles. The molecule has 1 aliphatic rings. The van der Waals surface area contributed by atoms with Crippen LogP contribution < -0.4 is 10.2 Å². The van der Waals surface area contributed by atoms with E-state index in [2.05, 4.69) is 38.1 Å². The highest BCUT2D eigenvalue weighted by atomic mass is 16.3. The first-order valence-corrected chi connectivity index (χ1v) is 7.90. The van der Waals surface area contributed by atoms with Crippen molar-refractivity contribution >= 4 is 11.8 Å². The number of hydrogen-bond acceptors (Lipinski definition) is 6. The molecule has 0 unspecified atom stereocenters. The van der Waals surface area contributed by atoms with Gasteiger partial charge in [-0.15, -0.1) is 0 Å². The van der Waals surface area contributed by atoms with Gasteiger partial charge < -0.3 is 15.3 Å². The number of β-amino-alcohol motifs (C(OH)–C–C–N with tert-alkyl or cyclic N) is 1. The summed E-state index contributed by atoms with van der Waals surface area (Å²) in [6.07, 6.45) is 2.16. The van der Waals surface area contributed by atoms with Gasteiger partial charge in [-0.25, -0.2) is 4.98 Å². The van der Waals surface area contributed by atoms with Crippen molar-refractivity contribution in [1.29, 1.82) is 0 Å². The van der Waals surface area contributed by atoms with Gasteiger partial charge in [-0.05, 0) is 26.3 Å². The molecule has 0 saturated carbocycles. The predicted molar refractivity (Wildman–Crippen MR) is 85.9 cm³/mol. The third-order valence-electron chi connectivity index (χ3n) is 3.70. The molecule has 0 radical (unpaired) electrons. The molecular formula is C15H27N5O. The van der Waals surface area contributed by atoms with Crippen molar-refractivity contribution in [2.24, 2.45) is 0 Å². The van der Waals surface area contributed by atoms with E-state index in [9.17, 15) is 0 Å². The molecule has 1 aromatic rings. The minimum absolute atomic E-state index is 0.234. The van der Waals surface area contributed by atoms with Crippen LogP contribution in [0.2, 0.25) is 0 Å². The molecule has 2 rings (SSSR count). The first-order chi connectivity index (χ1) is 10.2. The lowest BCUT2D eigenvalue weighted by Crippen LogP contribution is -2.32. The molecule has 0 atom stereocenters. The first-order valence-electron chi connectivity index (χ1n) is 7.90. The fraction of sp³-hybridized carbons (Fsp3) is 0.733. The number of hydrogen-bond donors (Lipinski definition) is 2. The number of aryl methyl sites for hydroxylation is 1. The zero-order chi connectivity index (χ0) is 15.1. The molecule has 0 spiro atoms. The second-order valence-corrected chi connectivity index (χ2v) is 5.52. The molecule has 1 fully saturated rings. The summed E-state index contributed by atoms with van der Waals surface area (Å²) in [5.41, 5.74) is 0.995. The van der Waals surface area contributed by atoms with Crippen LogP contribution in [0.1, 0.15) is 25.5 Å². The number of anilines is 2. The topological polar surface area (TPSA) is 64.5 Å². The quantitative estimate of drug-likeness (QED) is 0.819. The molecule has 1 aromatic heterocycles. The van der Waals surface area contributed by atoms with Crippen LogP contribution in [0.25, 0.3) is 0 Å². The molecule has 6 heteroatoms. The van der Waals surface area contributed by atoms with E-state index in [-0.39, 0.29) is 6.61 Å². The number of rotatable bonds is 6. The smallest absolute Gasteiger partial charge is 0.224 e. The zero-order valence-electron chi connectivity index (χ0n) is 13.2. The van der Waals surface area contributed by atoms with E-state index in [0.717, 1.165) is 69.6 Å². The van der Waals surface area contributed by atoms with Crippen molar-refractivity contribution < 1.29 is 5.11 Å². The summed E-state index contributed by atoms with van der Waals surface area (Å²) in [4.78, 5) is 13.7. The lowest BCUT2D eigenvalue weighted by atomic mass is 10.3. The van der Waals surface area contributed by atoms with Gasteiger partial charge in [0.1, 0.15) is 5.82 Å². The van der Waals surface area contributed by atoms with Crippen LogP contribution in [0.4, 0.5) is 11.8 Å². The average molecular weight is 293 g/mol. The van der Waals surface area contributed by atoms with E-state index in [1.54, 1.807) is 0 Å². The number of nitrogens with one attached hydrogen (secondary N) is 1. The molecule has 1 aliphatic heterocycles. The van der Waals surface area contributed by atoms with Gasteiger partial charge in [0, 0.05) is 44.5 Å². The fourth-order valence-electron chi connectivity index (χ4n) is 2.59. The summed E-state index contributed by atoms with van der Waals surface area (Å²) in [6, 6.07) is 2.05. The van der Waals surface area contributed by atoms with Crippen molar-refractivity contribution in [2.45, 2.75) is 26.7 Å². The molecular weight excluding hydrogens is 266 g/mol. The highest BCUT2D eigenvalue weighted by Crippen LogP contribution is 2.17. The van der Waals surface area contributed by atoms with E-state index in [0.29, 0.717) is 0 Å². The van der Waals surface area contributed by atoms with Gasteiger partial charge in [0.25, 0.3) is 0 Å². The molecule has 2 N–H and O–H groups in total. The normalized spacial score (nSPS) is 16.8. The Bertz CT molecular complexity index is 440. The van der Waals surface area contributed by atoms with Crippen LogP contribution in [0, 0.1) is 6.92 Å². The standard InChI is InChI=1S/C15H27N5O/c1-3-5-16-15-17-13(2)12-14(18-15)20-7-4-6-19(8-9-20)10-11-21/h12,21H,3-11H2,1-2H3,(H,16,17,18). The maximum Gasteiger partial charge on any atom is 0.224 e. The Labute approximate surface area is 127 Å². The molecule has 21 heavy (non-hydrogen) atoms. The maximum atomic E-state index is 9.06. The van der Waals surface area contributed by atoms with Crippen molar-refractivity contribution in [3.05, 3.63) is 11.8 Å². The summed E-state index contributed by atoms with van der Waals surface area (Å²) in [5, 5.41) is 12.3. The summed E-state index contributed by atoms with van der Waals surface area (Å²) in [7, 11) is 0. The first kappa shape index (κ1) is 16.0. The van der Waals surface area contributed by atoms with Crippen molar-refractivity contribution in [2.75, 3.05) is 56.1 Å². The molecule has 6 nitrogen and oxygen atoms in total. The van der Waals surface area contributed by atoms with Gasteiger partial charge >= 0.3 is 0 Å². The zero-order valence-corrected chi connectivity index (χ0v) is 13.2. The second kappa shape index (κ2) is 8.14. The number of aliphatic hydroxyl groups is 1. The van der Waals surface area contributed by atoms with E-state index in [1.807, 2.05) is 6.92 Å². The van der Waals surface area contributed by atoms with Crippen LogP contribution in [-0.2, 0) is 0 Å². The third kappa shape index (κ3) is 4.82. The van der Waals surface area contributed by atoms with E-state index < -0.39 is 0 Å². The summed E-state index contributed by atoms with van der Waals surface area (Å²) in [6.45, 7) is 10.0. The van der Waals surface area contributed by atoms with Crippen molar-refractivity contribution in [3.8, 4) is 0 Å². The number of aliphatic hydroxyl groups excluding tert-OH is 1. The van der Waals surface area contributed by atoms with Crippen LogP contribution in [0.5, 0.6) is 0 Å². The Morgan fingerprint density at radius 1 is 1.24 bits per heavy atom. The predicted octanol–water partition coefficient (Wildman–Crippen LogP) is 1.11. The summed E-state index contributed by atoms with van der Waals surface area (Å²) in [5.74, 6) is 1.73. The minimum atomic E-state index is 0.234. The second-order valence-electron chi connectivity index (χ2n) is 5.52. The summed E-state index contributed by atoms with van der Waals surface area (Å²) < 4.78 is 0. The van der Waals surface area contributed by atoms with Crippen LogP contribution in [-0.4, -0.2) is 65.8 Å². The van der Waals surface area contributed by atoms with Crippen LogP contribution in [0.3, 0.4) is 0 Å². The molecule has 0 bridgehead atoms. The van der Waals surface area contributed by atoms with Crippen molar-refractivity contribution in [3.63, 3.8) is 0 Å². The maximum absolute atomic E-state index is 9.06. The largest absolute Gasteiger partial charge is 0.395 e. The Morgan fingerprint density at radius 2 is 2.10 bits per heavy atom. The minimum Gasteiger partial charge on any atom is -0.395 e. The highest BCUT2D eigenvalue weighted by molar-refractivity contribution is 5.45. The molecule has 2 heterocycles. The van der Waals surface area contributed by atoms with E-state index in [1.165, 1.54) is 0 Å². The van der Waals surface area contributed by atoms with Crippen molar-refractivity contribution in [1.82, 2.24) is 14.9 Å². The average Bonchev–Trinajstić information content (AvgIpc) is 2.71. The van der Waals surface area contributed by atoms with Gasteiger partial charge in [0.15, 0.2) is 0 Å². The lowest BCUT2D eigenvalue weighted by molar-refractivity contribution is 0.204. The third-order valence-corrected chi connectivity index (χ3v) is 3.70. The van der Waals surface area contributed by atoms with Crippen LogP contribution >= 0.6 is 0 Å². The van der Waals surface area contributed by atoms with Gasteiger partial charge in [-0.3, -0.25) is 4.90 Å². The van der Waals surface area contributed by atoms with Gasteiger partial charge in [0.2, 0.25) is 5.95 Å². The highest BCUT2D eigenvalue weighted by Gasteiger charge is 2.16. The summed E-state index contributed by atoms with van der Waals surface area (Å²) >= 11 is 0. The van der Waals surface area contributed by atoms with Gasteiger partial charge in [0.05, 0.1) is 6.61 Å². The monoisotopic (exact) mass is 293 g/mol. The van der Waals surface area contributed by atoms with E-state index >= 15 is 0 Å². The number of nitrogens with zero attached hydrogens (tertiary/aromatic N) is 4. The molecule has 0 aliphatic carbocycles. The van der Waals surface area contributed by atoms with Gasteiger partial charge in [-0.2, -0.15) is 4.98 Å². The molecule has 0 amide bonds. The Morgan fingerprint density at radius 3 is 2.86 bits per heavy atom. The molecule has 0 aromatic carbocycles. The molecule has 118 valence electrons. The van der Waals surface area contributed by atoms with E-state index in [4.69, 9.17) is 5.11 Å². The van der Waals surface area contributed by atoms with Gasteiger partial charge in [-0.1, -0.05) is 6.92 Å². The number of aromatic nitrogens is 2. The fourth-order valence-corrected chi connectivity index (χ4v) is 2.59. The Hall–Kier alpha value is -1.40. The Kier molecular flexibility index (Phi) is 6.20. The van der Waals surface area contributed by atoms with Crippen LogP contribution in [0.15, 0.2) is 6.07 Å². The lowest BCUT2D eigenvalue weighted by Gasteiger charge is -2.23. The Balaban J connectivity index is 2.04. The SMILES string of the molecule is CCCNc1nc(C)cc(N2CCCN(CCO)CC2)n1.